The van der Waals surface area contributed by atoms with Crippen LogP contribution < -0.4 is 17.0 Å². The maximum atomic E-state index is 5.21. The van der Waals surface area contributed by atoms with E-state index in [0.29, 0.717) is 0 Å². The first-order valence-electron chi connectivity index (χ1n) is 3.91. The van der Waals surface area contributed by atoms with Gasteiger partial charge in [-0.2, -0.15) is 0 Å². The van der Waals surface area contributed by atoms with Crippen LogP contribution in [0.15, 0.2) is 5.16 Å². The van der Waals surface area contributed by atoms with Gasteiger partial charge in [0.15, 0.2) is 0 Å². The fraction of sp³-hybridized carbons (Fsp3) is 0.750. The molecule has 0 aromatic rings. The van der Waals surface area contributed by atoms with E-state index in [9.17, 15) is 0 Å². The van der Waals surface area contributed by atoms with Crippen LogP contribution in [0.4, 0.5) is 0 Å². The number of nitrogens with zero attached hydrogens (tertiary/aromatic N) is 2. The molecule has 0 unspecified atom stereocenters. The van der Waals surface area contributed by atoms with Gasteiger partial charge >= 0.3 is 0 Å². The molecule has 0 aliphatic carbocycles. The van der Waals surface area contributed by atoms with Crippen molar-refractivity contribution >= 4 is 22.4 Å². The Balaban J connectivity index is 0.00000144. The van der Waals surface area contributed by atoms with Crippen molar-refractivity contribution < 1.29 is 26.4 Å². The van der Waals surface area contributed by atoms with Gasteiger partial charge in [0.05, 0.1) is 0 Å². The minimum atomic E-state index is -0.109. The van der Waals surface area contributed by atoms with Crippen molar-refractivity contribution in [3.05, 3.63) is 0 Å². The Kier molecular flexibility index (Phi) is 4.99. The maximum absolute atomic E-state index is 5.21. The molecule has 76 valence electrons. The molecule has 0 N–H and O–H groups in total. The molecule has 0 aromatic carbocycles. The summed E-state index contributed by atoms with van der Waals surface area (Å²) in [5.41, 5.74) is 1.91. The fourth-order valence-electron chi connectivity index (χ4n) is 0.833. The van der Waals surface area contributed by atoms with Gasteiger partial charge in [-0.25, -0.2) is 4.58 Å². The van der Waals surface area contributed by atoms with Crippen LogP contribution in [-0.2, 0) is 4.84 Å². The summed E-state index contributed by atoms with van der Waals surface area (Å²) in [6, 6.07) is 0. The summed E-state index contributed by atoms with van der Waals surface area (Å²) >= 11 is 1.62. The van der Waals surface area contributed by atoms with Gasteiger partial charge in [-0.1, -0.05) is 5.16 Å². The quantitative estimate of drug-likeness (QED) is 0.329. The van der Waals surface area contributed by atoms with Gasteiger partial charge in [-0.15, -0.1) is 0 Å². The lowest BCUT2D eigenvalue weighted by Crippen LogP contribution is -3.00. The molecule has 0 aromatic heterocycles. The van der Waals surface area contributed by atoms with Gasteiger partial charge in [-0.05, 0) is 25.6 Å². The molecule has 5 heteroatoms. The van der Waals surface area contributed by atoms with Crippen LogP contribution in [0.5, 0.6) is 0 Å². The number of halogens is 1. The normalized spacial score (nSPS) is 18.3. The SMILES string of the molecule is C[N+](C)=CSC1=NOC(C)(C)C1.[Br-]. The summed E-state index contributed by atoms with van der Waals surface area (Å²) in [5, 5.41) is 5.03. The molecule has 3 nitrogen and oxygen atoms in total. The molecule has 1 aliphatic rings. The molecule has 1 aliphatic heterocycles. The monoisotopic (exact) mass is 266 g/mol. The average Bonchev–Trinajstić information content (AvgIpc) is 2.26. The first kappa shape index (κ1) is 13.0. The Morgan fingerprint density at radius 2 is 2.15 bits per heavy atom. The Morgan fingerprint density at radius 1 is 1.54 bits per heavy atom. The van der Waals surface area contributed by atoms with Gasteiger partial charge in [0.1, 0.15) is 24.7 Å². The van der Waals surface area contributed by atoms with Crippen LogP contribution in [0.25, 0.3) is 0 Å². The molecular formula is C8H15BrN2OS. The summed E-state index contributed by atoms with van der Waals surface area (Å²) in [6.07, 6.45) is 0.905. The van der Waals surface area contributed by atoms with Gasteiger partial charge in [-0.3, -0.25) is 0 Å². The minimum Gasteiger partial charge on any atom is -1.00 e. The van der Waals surface area contributed by atoms with E-state index in [1.807, 2.05) is 38.1 Å². The van der Waals surface area contributed by atoms with Crippen LogP contribution in [0, 0.1) is 0 Å². The summed E-state index contributed by atoms with van der Waals surface area (Å²) in [7, 11) is 3.99. The molecule has 0 amide bonds. The van der Waals surface area contributed by atoms with E-state index in [2.05, 4.69) is 5.16 Å². The lowest BCUT2D eigenvalue weighted by molar-refractivity contribution is -0.456. The van der Waals surface area contributed by atoms with Crippen LogP contribution in [0.3, 0.4) is 0 Å². The fourth-order valence-corrected chi connectivity index (χ4v) is 1.68. The molecule has 0 spiro atoms. The van der Waals surface area contributed by atoms with E-state index < -0.39 is 0 Å². The highest BCUT2D eigenvalue weighted by Gasteiger charge is 2.29. The Hall–Kier alpha value is -0.0300. The Labute approximate surface area is 94.0 Å². The average molecular weight is 267 g/mol. The summed E-state index contributed by atoms with van der Waals surface area (Å²) < 4.78 is 2.00. The lowest BCUT2D eigenvalue weighted by atomic mass is 10.1. The van der Waals surface area contributed by atoms with Gasteiger partial charge in [0.25, 0.3) is 0 Å². The number of hydrogen-bond donors (Lipinski definition) is 0. The zero-order valence-corrected chi connectivity index (χ0v) is 10.8. The summed E-state index contributed by atoms with van der Waals surface area (Å²) in [5.74, 6) is 0. The Bertz CT molecular complexity index is 234. The van der Waals surface area contributed by atoms with Crippen molar-refractivity contribution in [3.63, 3.8) is 0 Å². The molecule has 1 heterocycles. The number of oxime groups is 1. The third kappa shape index (κ3) is 4.67. The van der Waals surface area contributed by atoms with Gasteiger partial charge in [0.2, 0.25) is 5.55 Å². The van der Waals surface area contributed by atoms with Crippen LogP contribution in [0.2, 0.25) is 0 Å². The number of thioether (sulfide) groups is 1. The van der Waals surface area contributed by atoms with Crippen molar-refractivity contribution in [2.75, 3.05) is 14.1 Å². The minimum absolute atomic E-state index is 0. The number of rotatable bonds is 1. The molecule has 0 atom stereocenters. The molecule has 0 saturated heterocycles. The second-order valence-electron chi connectivity index (χ2n) is 3.70. The van der Waals surface area contributed by atoms with Crippen molar-refractivity contribution in [1.82, 2.24) is 0 Å². The van der Waals surface area contributed by atoms with E-state index >= 15 is 0 Å². The van der Waals surface area contributed by atoms with E-state index in [1.165, 1.54) is 0 Å². The van der Waals surface area contributed by atoms with Crippen LogP contribution in [0.1, 0.15) is 20.3 Å². The summed E-state index contributed by atoms with van der Waals surface area (Å²) in [6.45, 7) is 4.08. The van der Waals surface area contributed by atoms with Crippen molar-refractivity contribution in [2.45, 2.75) is 25.9 Å². The predicted molar refractivity (Wildman–Crippen MR) is 53.0 cm³/mol. The third-order valence-corrected chi connectivity index (χ3v) is 2.39. The number of hydrogen-bond acceptors (Lipinski definition) is 3. The molecule has 1 rings (SSSR count). The highest BCUT2D eigenvalue weighted by molar-refractivity contribution is 8.24. The third-order valence-electron chi connectivity index (χ3n) is 1.37. The molecule has 0 bridgehead atoms. The zero-order valence-electron chi connectivity index (χ0n) is 8.37. The van der Waals surface area contributed by atoms with E-state index in [1.54, 1.807) is 11.8 Å². The lowest BCUT2D eigenvalue weighted by Gasteiger charge is -2.12. The first-order valence-corrected chi connectivity index (χ1v) is 4.79. The van der Waals surface area contributed by atoms with Gasteiger partial charge in [0, 0.05) is 6.42 Å². The summed E-state index contributed by atoms with van der Waals surface area (Å²) in [4.78, 5) is 5.21. The van der Waals surface area contributed by atoms with E-state index in [-0.39, 0.29) is 22.6 Å². The van der Waals surface area contributed by atoms with E-state index in [4.69, 9.17) is 4.84 Å². The smallest absolute Gasteiger partial charge is 0.203 e. The zero-order chi connectivity index (χ0) is 9.19. The van der Waals surface area contributed by atoms with E-state index in [0.717, 1.165) is 11.5 Å². The van der Waals surface area contributed by atoms with Crippen LogP contribution in [-0.4, -0.2) is 34.9 Å². The molecule has 13 heavy (non-hydrogen) atoms. The van der Waals surface area contributed by atoms with Crippen molar-refractivity contribution in [1.29, 1.82) is 0 Å². The molecular weight excluding hydrogens is 252 g/mol. The highest BCUT2D eigenvalue weighted by Crippen LogP contribution is 2.26. The van der Waals surface area contributed by atoms with Crippen molar-refractivity contribution in [2.24, 2.45) is 5.16 Å². The molecule has 0 saturated carbocycles. The second-order valence-corrected chi connectivity index (χ2v) is 4.62. The predicted octanol–water partition coefficient (Wildman–Crippen LogP) is -1.46. The molecule has 0 radical (unpaired) electrons. The first-order chi connectivity index (χ1) is 5.49. The maximum Gasteiger partial charge on any atom is 0.203 e. The Morgan fingerprint density at radius 3 is 2.54 bits per heavy atom. The van der Waals surface area contributed by atoms with Crippen molar-refractivity contribution in [3.8, 4) is 0 Å². The topological polar surface area (TPSA) is 24.6 Å². The largest absolute Gasteiger partial charge is 1.00 e. The highest BCUT2D eigenvalue weighted by atomic mass is 79.9. The second kappa shape index (κ2) is 5.00. The van der Waals surface area contributed by atoms with Gasteiger partial charge < -0.3 is 21.8 Å². The standard InChI is InChI=1S/C8H15N2OS.BrH/c1-8(2)5-7(9-11-8)12-6-10(3)4;/h6H,5H2,1-4H3;1H/q+1;/p-1. The van der Waals surface area contributed by atoms with Crippen LogP contribution >= 0.6 is 11.8 Å². The molecule has 0 fully saturated rings.